The first-order valence-corrected chi connectivity index (χ1v) is 10.8. The van der Waals surface area contributed by atoms with E-state index in [9.17, 15) is 9.90 Å². The molecular formula is C23H28N6O3. The van der Waals surface area contributed by atoms with Crippen LogP contribution in [0, 0.1) is 6.92 Å². The summed E-state index contributed by atoms with van der Waals surface area (Å²) in [6.45, 7) is 5.62. The summed E-state index contributed by atoms with van der Waals surface area (Å²) in [7, 11) is 0. The fourth-order valence-electron chi connectivity index (χ4n) is 4.04. The van der Waals surface area contributed by atoms with Crippen LogP contribution in [0.25, 0.3) is 10.9 Å². The van der Waals surface area contributed by atoms with Gasteiger partial charge in [-0.3, -0.25) is 9.69 Å². The van der Waals surface area contributed by atoms with Crippen molar-refractivity contribution in [3.8, 4) is 0 Å². The number of nitrogens with zero attached hydrogens (tertiary/aromatic N) is 5. The number of aromatic nitrogens is 5. The van der Waals surface area contributed by atoms with E-state index in [0.29, 0.717) is 37.4 Å². The summed E-state index contributed by atoms with van der Waals surface area (Å²) in [4.78, 5) is 18.0. The quantitative estimate of drug-likeness (QED) is 0.393. The highest BCUT2D eigenvalue weighted by Crippen LogP contribution is 2.25. The van der Waals surface area contributed by atoms with Crippen molar-refractivity contribution in [1.29, 1.82) is 0 Å². The number of aliphatic hydroxyl groups is 1. The molecule has 1 atom stereocenters. The molecule has 168 valence electrons. The summed E-state index contributed by atoms with van der Waals surface area (Å²) in [6, 6.07) is 11.5. The Hall–Kier alpha value is -3.30. The second-order valence-corrected chi connectivity index (χ2v) is 7.96. The van der Waals surface area contributed by atoms with Gasteiger partial charge in [-0.25, -0.2) is 4.68 Å². The number of furan rings is 1. The van der Waals surface area contributed by atoms with E-state index in [0.717, 1.165) is 28.6 Å². The molecule has 0 saturated heterocycles. The van der Waals surface area contributed by atoms with Gasteiger partial charge in [0, 0.05) is 30.8 Å². The Morgan fingerprint density at radius 1 is 1.28 bits per heavy atom. The average Bonchev–Trinajstić information content (AvgIpc) is 3.46. The number of aromatic amines is 1. The van der Waals surface area contributed by atoms with Crippen molar-refractivity contribution < 1.29 is 9.52 Å². The lowest BCUT2D eigenvalue weighted by Gasteiger charge is -2.30. The van der Waals surface area contributed by atoms with Crippen LogP contribution in [0.1, 0.15) is 48.5 Å². The lowest BCUT2D eigenvalue weighted by atomic mass is 10.1. The van der Waals surface area contributed by atoms with Gasteiger partial charge in [-0.2, -0.15) is 0 Å². The van der Waals surface area contributed by atoms with Crippen LogP contribution < -0.4 is 5.56 Å². The minimum absolute atomic E-state index is 0.0670. The van der Waals surface area contributed by atoms with E-state index in [2.05, 4.69) is 38.4 Å². The summed E-state index contributed by atoms with van der Waals surface area (Å²) >= 11 is 0. The van der Waals surface area contributed by atoms with Crippen molar-refractivity contribution in [2.75, 3.05) is 13.2 Å². The summed E-state index contributed by atoms with van der Waals surface area (Å²) in [5, 5.41) is 22.8. The first kappa shape index (κ1) is 21.9. The highest BCUT2D eigenvalue weighted by molar-refractivity contribution is 5.79. The summed E-state index contributed by atoms with van der Waals surface area (Å²) in [6.07, 6.45) is 2.95. The van der Waals surface area contributed by atoms with Gasteiger partial charge in [0.2, 0.25) is 0 Å². The van der Waals surface area contributed by atoms with E-state index in [-0.39, 0.29) is 18.2 Å². The fraction of sp³-hybridized carbons (Fsp3) is 0.391. The number of hydrogen-bond donors (Lipinski definition) is 2. The highest BCUT2D eigenvalue weighted by Gasteiger charge is 2.26. The average molecular weight is 437 g/mol. The first-order chi connectivity index (χ1) is 15.6. The SMILES string of the molecule is CC[C@H](c1nnnn1Cc1ccco1)N(CCCO)Cc1cc2cc(C)ccc2[nH]c1=O. The van der Waals surface area contributed by atoms with E-state index in [4.69, 9.17) is 4.42 Å². The smallest absolute Gasteiger partial charge is 0.252 e. The van der Waals surface area contributed by atoms with Crippen LogP contribution in [0.2, 0.25) is 0 Å². The fourth-order valence-corrected chi connectivity index (χ4v) is 4.04. The van der Waals surface area contributed by atoms with Gasteiger partial charge >= 0.3 is 0 Å². The Kier molecular flexibility index (Phi) is 6.77. The van der Waals surface area contributed by atoms with Gasteiger partial charge in [0.05, 0.1) is 12.3 Å². The molecular weight excluding hydrogens is 408 g/mol. The normalized spacial score (nSPS) is 12.6. The number of hydrogen-bond acceptors (Lipinski definition) is 7. The van der Waals surface area contributed by atoms with E-state index in [1.54, 1.807) is 10.9 Å². The zero-order valence-electron chi connectivity index (χ0n) is 18.4. The molecule has 3 aromatic heterocycles. The van der Waals surface area contributed by atoms with Crippen molar-refractivity contribution >= 4 is 10.9 Å². The molecule has 9 nitrogen and oxygen atoms in total. The standard InChI is InChI=1S/C23H28N6O3/c1-3-21(22-25-26-27-29(22)15-19-6-4-11-32-19)28(9-5-10-30)14-18-13-17-12-16(2)7-8-20(17)24-23(18)31/h4,6-8,11-13,21,30H,3,5,9-10,14-15H2,1-2H3,(H,24,31)/t21-/m1/s1. The molecule has 0 aliphatic carbocycles. The molecule has 0 bridgehead atoms. The van der Waals surface area contributed by atoms with Crippen LogP contribution in [0.15, 0.2) is 51.9 Å². The molecule has 4 rings (SSSR count). The predicted octanol–water partition coefficient (Wildman–Crippen LogP) is 2.80. The molecule has 0 saturated carbocycles. The number of aryl methyl sites for hydroxylation is 1. The summed E-state index contributed by atoms with van der Waals surface area (Å²) in [5.41, 5.74) is 2.52. The highest BCUT2D eigenvalue weighted by atomic mass is 16.3. The van der Waals surface area contributed by atoms with Crippen LogP contribution in [0.5, 0.6) is 0 Å². The van der Waals surface area contributed by atoms with E-state index >= 15 is 0 Å². The number of benzene rings is 1. The Labute approximate surface area is 185 Å². The van der Waals surface area contributed by atoms with Crippen molar-refractivity contribution in [2.45, 2.75) is 45.8 Å². The molecule has 9 heteroatoms. The summed E-state index contributed by atoms with van der Waals surface area (Å²) in [5.74, 6) is 1.46. The number of H-pyrrole nitrogens is 1. The molecule has 0 aliphatic rings. The topological polar surface area (TPSA) is 113 Å². The molecule has 32 heavy (non-hydrogen) atoms. The third-order valence-corrected chi connectivity index (χ3v) is 5.62. The maximum absolute atomic E-state index is 12.8. The molecule has 2 N–H and O–H groups in total. The van der Waals surface area contributed by atoms with Gasteiger partial charge in [0.25, 0.3) is 5.56 Å². The Morgan fingerprint density at radius 3 is 2.91 bits per heavy atom. The first-order valence-electron chi connectivity index (χ1n) is 10.8. The predicted molar refractivity (Wildman–Crippen MR) is 120 cm³/mol. The van der Waals surface area contributed by atoms with Crippen LogP contribution >= 0.6 is 0 Å². The minimum atomic E-state index is -0.126. The zero-order chi connectivity index (χ0) is 22.5. The maximum atomic E-state index is 12.8. The van der Waals surface area contributed by atoms with Gasteiger partial charge in [-0.1, -0.05) is 18.6 Å². The van der Waals surface area contributed by atoms with E-state index in [1.165, 1.54) is 0 Å². The Bertz CT molecular complexity index is 1210. The van der Waals surface area contributed by atoms with Gasteiger partial charge in [0.1, 0.15) is 12.3 Å². The van der Waals surface area contributed by atoms with Gasteiger partial charge in [-0.05, 0) is 65.9 Å². The number of tetrazole rings is 1. The van der Waals surface area contributed by atoms with Crippen molar-refractivity contribution in [3.05, 3.63) is 75.7 Å². The molecule has 0 aliphatic heterocycles. The minimum Gasteiger partial charge on any atom is -0.467 e. The third kappa shape index (κ3) is 4.79. The monoisotopic (exact) mass is 436 g/mol. The zero-order valence-corrected chi connectivity index (χ0v) is 18.4. The molecule has 0 spiro atoms. The lowest BCUT2D eigenvalue weighted by Crippen LogP contribution is -2.34. The molecule has 3 heterocycles. The largest absolute Gasteiger partial charge is 0.467 e. The van der Waals surface area contributed by atoms with Crippen LogP contribution in [0.4, 0.5) is 0 Å². The molecule has 0 unspecified atom stereocenters. The van der Waals surface area contributed by atoms with Crippen LogP contribution in [-0.4, -0.2) is 48.3 Å². The number of aliphatic hydroxyl groups excluding tert-OH is 1. The maximum Gasteiger partial charge on any atom is 0.252 e. The molecule has 0 radical (unpaired) electrons. The van der Waals surface area contributed by atoms with Crippen molar-refractivity contribution in [1.82, 2.24) is 30.1 Å². The van der Waals surface area contributed by atoms with Crippen molar-refractivity contribution in [2.24, 2.45) is 0 Å². The second-order valence-electron chi connectivity index (χ2n) is 7.96. The Morgan fingerprint density at radius 2 is 2.16 bits per heavy atom. The molecule has 0 fully saturated rings. The number of pyridine rings is 1. The molecule has 0 amide bonds. The second kappa shape index (κ2) is 9.88. The van der Waals surface area contributed by atoms with E-state index < -0.39 is 0 Å². The van der Waals surface area contributed by atoms with Gasteiger partial charge in [0.15, 0.2) is 5.82 Å². The number of rotatable bonds is 10. The van der Waals surface area contributed by atoms with Crippen molar-refractivity contribution in [3.63, 3.8) is 0 Å². The van der Waals surface area contributed by atoms with Crippen LogP contribution in [-0.2, 0) is 13.1 Å². The molecule has 1 aromatic carbocycles. The lowest BCUT2D eigenvalue weighted by molar-refractivity contribution is 0.152. The van der Waals surface area contributed by atoms with Crippen LogP contribution in [0.3, 0.4) is 0 Å². The summed E-state index contributed by atoms with van der Waals surface area (Å²) < 4.78 is 7.18. The Balaban J connectivity index is 1.66. The molecule has 4 aromatic rings. The van der Waals surface area contributed by atoms with Gasteiger partial charge < -0.3 is 14.5 Å². The number of nitrogens with one attached hydrogen (secondary N) is 1. The number of fused-ring (bicyclic) bond motifs is 1. The van der Waals surface area contributed by atoms with Gasteiger partial charge in [-0.15, -0.1) is 5.10 Å². The van der Waals surface area contributed by atoms with E-state index in [1.807, 2.05) is 37.3 Å². The third-order valence-electron chi connectivity index (χ3n) is 5.62.